The molecule has 1 atom stereocenters. The fourth-order valence-corrected chi connectivity index (χ4v) is 5.77. The van der Waals surface area contributed by atoms with Gasteiger partial charge in [-0.2, -0.15) is 23.3 Å². The van der Waals surface area contributed by atoms with Crippen LogP contribution in [-0.4, -0.2) is 39.0 Å². The Balaban J connectivity index is 1.46. The first-order valence-corrected chi connectivity index (χ1v) is 14.6. The lowest BCUT2D eigenvalue weighted by Crippen LogP contribution is -2.44. The molecule has 5 rings (SSSR count). The van der Waals surface area contributed by atoms with E-state index in [2.05, 4.69) is 23.2 Å². The van der Waals surface area contributed by atoms with Gasteiger partial charge in [0.05, 0.1) is 22.0 Å². The molecule has 5 nitrogen and oxygen atoms in total. The molecule has 3 aromatic rings. The normalized spacial score (nSPS) is 18.5. The zero-order chi connectivity index (χ0) is 30.4. The third-order valence-corrected chi connectivity index (χ3v) is 8.66. The molecule has 1 aromatic heterocycles. The number of benzene rings is 2. The number of allylic oxidation sites excluding steroid dienone is 4. The first-order valence-electron chi connectivity index (χ1n) is 13.8. The largest absolute Gasteiger partial charge is 0.416 e. The lowest BCUT2D eigenvalue weighted by Gasteiger charge is -2.27. The molecule has 42 heavy (non-hydrogen) atoms. The van der Waals surface area contributed by atoms with Gasteiger partial charge in [0.1, 0.15) is 11.2 Å². The van der Waals surface area contributed by atoms with Gasteiger partial charge in [0.2, 0.25) is 0 Å². The molecule has 2 aliphatic rings. The molecule has 2 aromatic carbocycles. The Labute approximate surface area is 253 Å². The van der Waals surface area contributed by atoms with Crippen LogP contribution in [0.25, 0.3) is 11.3 Å². The quantitative estimate of drug-likeness (QED) is 0.269. The van der Waals surface area contributed by atoms with Crippen molar-refractivity contribution in [3.8, 4) is 5.69 Å². The molecular weight excluding hydrogens is 584 g/mol. The monoisotopic (exact) mass is 614 g/mol. The van der Waals surface area contributed by atoms with Crippen LogP contribution in [0.15, 0.2) is 65.7 Å². The highest BCUT2D eigenvalue weighted by atomic mass is 35.5. The summed E-state index contributed by atoms with van der Waals surface area (Å²) in [5.74, 6) is 0.525. The summed E-state index contributed by atoms with van der Waals surface area (Å²) in [6.07, 6.45) is 4.91. The zero-order valence-electron chi connectivity index (χ0n) is 23.8. The minimum atomic E-state index is -4.34. The van der Waals surface area contributed by atoms with E-state index in [-0.39, 0.29) is 11.8 Å². The summed E-state index contributed by atoms with van der Waals surface area (Å²) in [4.78, 5) is 19.0. The van der Waals surface area contributed by atoms with Crippen LogP contribution >= 0.6 is 23.2 Å². The second-order valence-electron chi connectivity index (χ2n) is 11.1. The number of aromatic nitrogens is 2. The number of rotatable bonds is 7. The van der Waals surface area contributed by atoms with Gasteiger partial charge in [0.15, 0.2) is 5.84 Å². The molecule has 220 valence electrons. The van der Waals surface area contributed by atoms with E-state index in [1.54, 1.807) is 28.9 Å². The summed E-state index contributed by atoms with van der Waals surface area (Å²) in [6, 6.07) is 10.6. The van der Waals surface area contributed by atoms with Crippen molar-refractivity contribution >= 4 is 40.5 Å². The van der Waals surface area contributed by atoms with Gasteiger partial charge in [-0.15, -0.1) is 0 Å². The highest BCUT2D eigenvalue weighted by molar-refractivity contribution is 6.35. The number of hydrogen-bond donors (Lipinski definition) is 0. The molecule has 10 heteroatoms. The third-order valence-electron chi connectivity index (χ3n) is 8.12. The molecule has 0 saturated carbocycles. The van der Waals surface area contributed by atoms with Crippen LogP contribution < -0.4 is 0 Å². The van der Waals surface area contributed by atoms with Crippen molar-refractivity contribution in [2.24, 2.45) is 10.9 Å². The topological polar surface area (TPSA) is 50.5 Å². The smallest absolute Gasteiger partial charge is 0.343 e. The molecule has 0 radical (unpaired) electrons. The Morgan fingerprint density at radius 1 is 1.10 bits per heavy atom. The summed E-state index contributed by atoms with van der Waals surface area (Å²) in [5.41, 5.74) is 3.50. The van der Waals surface area contributed by atoms with Crippen LogP contribution in [-0.2, 0) is 23.8 Å². The molecule has 0 spiro atoms. The number of halogens is 5. The molecule has 1 aliphatic carbocycles. The first-order chi connectivity index (χ1) is 19.8. The fraction of sp³-hybridized carbons (Fsp3) is 0.344. The van der Waals surface area contributed by atoms with Gasteiger partial charge in [0.25, 0.3) is 5.91 Å². The van der Waals surface area contributed by atoms with Crippen molar-refractivity contribution < 1.29 is 18.0 Å². The Hall–Kier alpha value is -3.36. The number of carbonyl (C=O) groups is 1. The van der Waals surface area contributed by atoms with Crippen LogP contribution in [0.1, 0.15) is 61.7 Å². The van der Waals surface area contributed by atoms with Gasteiger partial charge < -0.3 is 4.90 Å². The van der Waals surface area contributed by atoms with Crippen LogP contribution in [0.3, 0.4) is 0 Å². The summed E-state index contributed by atoms with van der Waals surface area (Å²) >= 11 is 12.8. The number of hydrogen-bond acceptors (Lipinski definition) is 3. The minimum Gasteiger partial charge on any atom is -0.343 e. The van der Waals surface area contributed by atoms with E-state index in [4.69, 9.17) is 28.3 Å². The molecule has 1 aliphatic heterocycles. The van der Waals surface area contributed by atoms with E-state index in [0.29, 0.717) is 40.1 Å². The zero-order valence-corrected chi connectivity index (χ0v) is 25.3. The maximum Gasteiger partial charge on any atom is 0.416 e. The Kier molecular flexibility index (Phi) is 8.16. The Bertz CT molecular complexity index is 1620. The number of aliphatic imine (C=N–C) groups is 1. The lowest BCUT2D eigenvalue weighted by molar-refractivity contribution is -0.137. The van der Waals surface area contributed by atoms with Crippen molar-refractivity contribution in [2.45, 2.75) is 58.2 Å². The van der Waals surface area contributed by atoms with Crippen LogP contribution in [0.2, 0.25) is 10.0 Å². The molecule has 0 bridgehead atoms. The second kappa shape index (κ2) is 11.4. The number of alkyl halides is 3. The van der Waals surface area contributed by atoms with Crippen LogP contribution in [0.4, 0.5) is 13.2 Å². The van der Waals surface area contributed by atoms with E-state index in [1.165, 1.54) is 0 Å². The SMILES string of the molecule is CCc1c(C2=NC(=O)C(C)(C)N2C)nn(-c2ccc(Cl)cc2Cl)c1C1=CCC(CCc2ccc(C(F)(F)F)cc2)C=C1. The number of amides is 1. The van der Waals surface area contributed by atoms with E-state index >= 15 is 0 Å². The van der Waals surface area contributed by atoms with Crippen molar-refractivity contribution in [1.82, 2.24) is 14.7 Å². The van der Waals surface area contributed by atoms with Gasteiger partial charge in [-0.3, -0.25) is 4.79 Å². The van der Waals surface area contributed by atoms with Gasteiger partial charge in [-0.25, -0.2) is 4.68 Å². The number of carbonyl (C=O) groups excluding carboxylic acids is 1. The standard InChI is InChI=1S/C32H31Cl2F3N4O/c1-5-24-27(29-38-30(42)31(2,3)40(29)4)39-41(26-17-16-23(33)18-25(26)34)28(24)21-12-8-19(9-13-21)6-7-20-10-14-22(15-11-20)32(35,36)37/h8,10-19H,5-7,9H2,1-4H3. The highest BCUT2D eigenvalue weighted by Crippen LogP contribution is 2.36. The Morgan fingerprint density at radius 2 is 1.81 bits per heavy atom. The lowest BCUT2D eigenvalue weighted by atomic mass is 9.89. The van der Waals surface area contributed by atoms with Crippen molar-refractivity contribution in [1.29, 1.82) is 0 Å². The number of likely N-dealkylation sites (N-methyl/N-ethyl adjacent to an activating group) is 1. The van der Waals surface area contributed by atoms with E-state index in [9.17, 15) is 18.0 Å². The van der Waals surface area contributed by atoms with Crippen LogP contribution in [0.5, 0.6) is 0 Å². The maximum atomic E-state index is 12.9. The van der Waals surface area contributed by atoms with Crippen molar-refractivity contribution in [2.75, 3.05) is 7.05 Å². The summed E-state index contributed by atoms with van der Waals surface area (Å²) in [7, 11) is 1.85. The van der Waals surface area contributed by atoms with Crippen LogP contribution in [0, 0.1) is 5.92 Å². The Morgan fingerprint density at radius 3 is 2.36 bits per heavy atom. The molecule has 0 fully saturated rings. The summed E-state index contributed by atoms with van der Waals surface area (Å²) < 4.78 is 40.5. The maximum absolute atomic E-state index is 12.9. The van der Waals surface area contributed by atoms with Crippen molar-refractivity contribution in [3.05, 3.63) is 98.8 Å². The van der Waals surface area contributed by atoms with Crippen molar-refractivity contribution in [3.63, 3.8) is 0 Å². The van der Waals surface area contributed by atoms with E-state index < -0.39 is 17.3 Å². The summed E-state index contributed by atoms with van der Waals surface area (Å²) in [6.45, 7) is 5.71. The molecule has 0 N–H and O–H groups in total. The van der Waals surface area contributed by atoms with Gasteiger partial charge in [-0.05, 0) is 86.9 Å². The molecule has 1 unspecified atom stereocenters. The predicted octanol–water partition coefficient (Wildman–Crippen LogP) is 8.35. The van der Waals surface area contributed by atoms with E-state index in [0.717, 1.165) is 47.4 Å². The van der Waals surface area contributed by atoms with Gasteiger partial charge >= 0.3 is 6.18 Å². The number of nitrogens with zero attached hydrogens (tertiary/aromatic N) is 4. The molecule has 1 amide bonds. The molecule has 2 heterocycles. The minimum absolute atomic E-state index is 0.227. The summed E-state index contributed by atoms with van der Waals surface area (Å²) in [5, 5.41) is 5.92. The molecular formula is C32H31Cl2F3N4O. The third kappa shape index (κ3) is 5.66. The fourth-order valence-electron chi connectivity index (χ4n) is 5.28. The highest BCUT2D eigenvalue weighted by Gasteiger charge is 2.42. The first kappa shape index (κ1) is 30.1. The predicted molar refractivity (Wildman–Crippen MR) is 161 cm³/mol. The van der Waals surface area contributed by atoms with E-state index in [1.807, 2.05) is 38.8 Å². The molecule has 0 saturated heterocycles. The van der Waals surface area contributed by atoms with Gasteiger partial charge in [-0.1, -0.05) is 60.5 Å². The average Bonchev–Trinajstić information content (AvgIpc) is 3.41. The number of aryl methyl sites for hydroxylation is 1. The number of amidine groups is 1. The second-order valence-corrected chi connectivity index (χ2v) is 12.0. The van der Waals surface area contributed by atoms with Gasteiger partial charge in [0, 0.05) is 17.6 Å². The average molecular weight is 616 g/mol.